The van der Waals surface area contributed by atoms with Crippen molar-refractivity contribution in [1.29, 1.82) is 0 Å². The second kappa shape index (κ2) is 11.4. The zero-order valence-corrected chi connectivity index (χ0v) is 14.8. The number of hydrogen-bond acceptors (Lipinski definition) is 3. The molecule has 0 amide bonds. The third-order valence-electron chi connectivity index (χ3n) is 5.21. The molecule has 1 rings (SSSR count). The maximum atomic E-state index is 6.01. The maximum absolute atomic E-state index is 6.01. The first-order valence-electron chi connectivity index (χ1n) is 9.29. The van der Waals surface area contributed by atoms with Crippen LogP contribution >= 0.6 is 0 Å². The summed E-state index contributed by atoms with van der Waals surface area (Å²) in [6, 6.07) is 1.33. The lowest BCUT2D eigenvalue weighted by atomic mass is 10.0. The molecule has 1 aliphatic rings. The Kier molecular flexibility index (Phi) is 10.3. The SMILES string of the molecule is CCCCCCCCCC(CN)N(C)CC1CCCN1C. The van der Waals surface area contributed by atoms with Crippen molar-refractivity contribution in [2.24, 2.45) is 5.73 Å². The molecule has 0 bridgehead atoms. The highest BCUT2D eigenvalue weighted by atomic mass is 15.2. The summed E-state index contributed by atoms with van der Waals surface area (Å²) in [5, 5.41) is 0. The van der Waals surface area contributed by atoms with Crippen molar-refractivity contribution in [3.63, 3.8) is 0 Å². The average Bonchev–Trinajstić information content (AvgIpc) is 2.87. The summed E-state index contributed by atoms with van der Waals surface area (Å²) in [5.41, 5.74) is 6.01. The van der Waals surface area contributed by atoms with Gasteiger partial charge in [-0.2, -0.15) is 0 Å². The highest BCUT2D eigenvalue weighted by Crippen LogP contribution is 2.18. The number of likely N-dealkylation sites (tertiary alicyclic amines) is 1. The number of nitrogens with two attached hydrogens (primary N) is 1. The highest BCUT2D eigenvalue weighted by molar-refractivity contribution is 4.81. The Balaban J connectivity index is 2.12. The van der Waals surface area contributed by atoms with Crippen LogP contribution in [0.1, 0.15) is 71.1 Å². The van der Waals surface area contributed by atoms with E-state index in [2.05, 4.69) is 30.8 Å². The molecule has 0 aliphatic carbocycles. The van der Waals surface area contributed by atoms with Gasteiger partial charge in [-0.15, -0.1) is 0 Å². The van der Waals surface area contributed by atoms with Crippen LogP contribution in [0.25, 0.3) is 0 Å². The van der Waals surface area contributed by atoms with Gasteiger partial charge in [-0.05, 0) is 39.9 Å². The van der Waals surface area contributed by atoms with Crippen LogP contribution in [0.5, 0.6) is 0 Å². The second-order valence-corrected chi connectivity index (χ2v) is 7.02. The molecule has 0 aromatic rings. The molecule has 126 valence electrons. The number of rotatable bonds is 12. The predicted octanol–water partition coefficient (Wildman–Crippen LogP) is 3.48. The minimum absolute atomic E-state index is 0.578. The lowest BCUT2D eigenvalue weighted by Gasteiger charge is -2.31. The smallest absolute Gasteiger partial charge is 0.0220 e. The van der Waals surface area contributed by atoms with Crippen molar-refractivity contribution in [3.8, 4) is 0 Å². The zero-order valence-electron chi connectivity index (χ0n) is 14.8. The van der Waals surface area contributed by atoms with Crippen LogP contribution in [0.4, 0.5) is 0 Å². The van der Waals surface area contributed by atoms with E-state index in [4.69, 9.17) is 5.73 Å². The highest BCUT2D eigenvalue weighted by Gasteiger charge is 2.24. The first-order valence-corrected chi connectivity index (χ1v) is 9.29. The van der Waals surface area contributed by atoms with Crippen LogP contribution < -0.4 is 5.73 Å². The van der Waals surface area contributed by atoms with E-state index in [0.717, 1.165) is 12.6 Å². The van der Waals surface area contributed by atoms with Gasteiger partial charge in [-0.25, -0.2) is 0 Å². The van der Waals surface area contributed by atoms with Gasteiger partial charge >= 0.3 is 0 Å². The molecule has 1 saturated heterocycles. The van der Waals surface area contributed by atoms with E-state index in [1.807, 2.05) is 0 Å². The van der Waals surface area contributed by atoms with E-state index in [9.17, 15) is 0 Å². The van der Waals surface area contributed by atoms with Gasteiger partial charge in [0.1, 0.15) is 0 Å². The van der Waals surface area contributed by atoms with E-state index < -0.39 is 0 Å². The molecule has 21 heavy (non-hydrogen) atoms. The third-order valence-corrected chi connectivity index (χ3v) is 5.21. The number of nitrogens with zero attached hydrogens (tertiary/aromatic N) is 2. The van der Waals surface area contributed by atoms with E-state index >= 15 is 0 Å². The number of hydrogen-bond donors (Lipinski definition) is 1. The van der Waals surface area contributed by atoms with Gasteiger partial charge in [-0.1, -0.05) is 51.9 Å². The quantitative estimate of drug-likeness (QED) is 0.560. The zero-order chi connectivity index (χ0) is 15.5. The Bertz CT molecular complexity index is 245. The molecule has 1 aliphatic heterocycles. The number of unbranched alkanes of at least 4 members (excludes halogenated alkanes) is 6. The Morgan fingerprint density at radius 1 is 1.14 bits per heavy atom. The molecule has 0 spiro atoms. The fraction of sp³-hybridized carbons (Fsp3) is 1.00. The van der Waals surface area contributed by atoms with Crippen LogP contribution in [-0.4, -0.2) is 55.6 Å². The van der Waals surface area contributed by atoms with Crippen LogP contribution in [-0.2, 0) is 0 Å². The third kappa shape index (κ3) is 7.62. The summed E-state index contributed by atoms with van der Waals surface area (Å²) in [6.07, 6.45) is 13.7. The molecule has 3 heteroatoms. The fourth-order valence-corrected chi connectivity index (χ4v) is 3.55. The Hall–Kier alpha value is -0.120. The van der Waals surface area contributed by atoms with Crippen molar-refractivity contribution in [2.45, 2.75) is 83.2 Å². The van der Waals surface area contributed by atoms with Gasteiger partial charge in [0.05, 0.1) is 0 Å². The van der Waals surface area contributed by atoms with Gasteiger partial charge in [0.2, 0.25) is 0 Å². The largest absolute Gasteiger partial charge is 0.329 e. The molecule has 0 saturated carbocycles. The van der Waals surface area contributed by atoms with Crippen molar-refractivity contribution in [2.75, 3.05) is 33.7 Å². The number of likely N-dealkylation sites (N-methyl/N-ethyl adjacent to an activating group) is 2. The molecule has 1 heterocycles. The Morgan fingerprint density at radius 2 is 1.81 bits per heavy atom. The monoisotopic (exact) mass is 297 g/mol. The van der Waals surface area contributed by atoms with E-state index in [1.54, 1.807) is 0 Å². The lowest BCUT2D eigenvalue weighted by molar-refractivity contribution is 0.171. The van der Waals surface area contributed by atoms with E-state index in [0.29, 0.717) is 6.04 Å². The molecular formula is C18H39N3. The van der Waals surface area contributed by atoms with Gasteiger partial charge in [-0.3, -0.25) is 0 Å². The summed E-state index contributed by atoms with van der Waals surface area (Å²) in [7, 11) is 4.53. The van der Waals surface area contributed by atoms with Crippen LogP contribution in [0.3, 0.4) is 0 Å². The molecule has 0 aromatic carbocycles. The van der Waals surface area contributed by atoms with Crippen molar-refractivity contribution in [3.05, 3.63) is 0 Å². The van der Waals surface area contributed by atoms with E-state index in [1.165, 1.54) is 77.3 Å². The predicted molar refractivity (Wildman–Crippen MR) is 93.7 cm³/mol. The van der Waals surface area contributed by atoms with Gasteiger partial charge in [0.25, 0.3) is 0 Å². The summed E-state index contributed by atoms with van der Waals surface area (Å²) in [4.78, 5) is 5.03. The second-order valence-electron chi connectivity index (χ2n) is 7.02. The molecular weight excluding hydrogens is 258 g/mol. The standard InChI is InChI=1S/C18H39N3/c1-4-5-6-7-8-9-10-12-17(15-19)21(3)16-18-13-11-14-20(18)2/h17-18H,4-16,19H2,1-3H3. The maximum Gasteiger partial charge on any atom is 0.0220 e. The molecule has 0 radical (unpaired) electrons. The van der Waals surface area contributed by atoms with Gasteiger partial charge in [0.15, 0.2) is 0 Å². The van der Waals surface area contributed by atoms with Crippen LogP contribution in [0, 0.1) is 0 Å². The normalized spacial score (nSPS) is 21.3. The minimum atomic E-state index is 0.578. The van der Waals surface area contributed by atoms with Crippen molar-refractivity contribution < 1.29 is 0 Å². The molecule has 3 nitrogen and oxygen atoms in total. The summed E-state index contributed by atoms with van der Waals surface area (Å²) < 4.78 is 0. The van der Waals surface area contributed by atoms with Crippen molar-refractivity contribution >= 4 is 0 Å². The van der Waals surface area contributed by atoms with Gasteiger partial charge < -0.3 is 15.5 Å². The topological polar surface area (TPSA) is 32.5 Å². The molecule has 2 atom stereocenters. The molecule has 2 unspecified atom stereocenters. The van der Waals surface area contributed by atoms with E-state index in [-0.39, 0.29) is 0 Å². The summed E-state index contributed by atoms with van der Waals surface area (Å²) >= 11 is 0. The van der Waals surface area contributed by atoms with Crippen LogP contribution in [0.2, 0.25) is 0 Å². The average molecular weight is 298 g/mol. The summed E-state index contributed by atoms with van der Waals surface area (Å²) in [5.74, 6) is 0. The lowest BCUT2D eigenvalue weighted by Crippen LogP contribution is -2.44. The minimum Gasteiger partial charge on any atom is -0.329 e. The Morgan fingerprint density at radius 3 is 2.38 bits per heavy atom. The van der Waals surface area contributed by atoms with Crippen molar-refractivity contribution in [1.82, 2.24) is 9.80 Å². The fourth-order valence-electron chi connectivity index (χ4n) is 3.55. The Labute approximate surface area is 133 Å². The first kappa shape index (κ1) is 18.9. The van der Waals surface area contributed by atoms with Gasteiger partial charge in [0, 0.05) is 25.2 Å². The van der Waals surface area contributed by atoms with Crippen LogP contribution in [0.15, 0.2) is 0 Å². The molecule has 0 aromatic heterocycles. The molecule has 1 fully saturated rings. The summed E-state index contributed by atoms with van der Waals surface area (Å²) in [6.45, 7) is 5.55. The first-order chi connectivity index (χ1) is 10.2. The molecule has 2 N–H and O–H groups in total.